The third-order valence-corrected chi connectivity index (χ3v) is 5.97. The molecular formula is C17H18ClN5O5S. The van der Waals surface area contributed by atoms with Crippen LogP contribution in [0.15, 0.2) is 29.2 Å². The molecule has 3 rings (SSSR count). The minimum atomic E-state index is -4.22. The Morgan fingerprint density at radius 1 is 1.24 bits per heavy atom. The van der Waals surface area contributed by atoms with Crippen LogP contribution in [0.5, 0.6) is 6.01 Å². The van der Waals surface area contributed by atoms with Crippen molar-refractivity contribution in [2.24, 2.45) is 5.92 Å². The molecule has 0 radical (unpaired) electrons. The number of halogens is 1. The van der Waals surface area contributed by atoms with Gasteiger partial charge in [0.25, 0.3) is 10.0 Å². The first kappa shape index (κ1) is 20.9. The molecule has 1 aromatic heterocycles. The minimum absolute atomic E-state index is 0.00222. The quantitative estimate of drug-likeness (QED) is 0.687. The van der Waals surface area contributed by atoms with Gasteiger partial charge in [0.15, 0.2) is 0 Å². The average molecular weight is 440 g/mol. The van der Waals surface area contributed by atoms with Gasteiger partial charge in [0, 0.05) is 13.0 Å². The number of ketones is 1. The molecule has 2 aromatic rings. The molecule has 1 aliphatic carbocycles. The number of sulfonamides is 1. The standard InChI is InChI=1S/C17H18ClN5O5S/c1-23(17(25)22-29(26,27)13-6-4-3-5-11(13)18)15-19-14(20-16(21-15)28-2)9-12(24)10-7-8-10/h3-6,10H,7-9H2,1-2H3,(H,22,25). The number of Topliss-reactive ketones (excluding diaryl/α,β-unsaturated/α-hetero) is 1. The summed E-state index contributed by atoms with van der Waals surface area (Å²) in [4.78, 5) is 37.2. The molecule has 1 N–H and O–H groups in total. The number of ether oxygens (including phenoxy) is 1. The second-order valence-corrected chi connectivity index (χ2v) is 8.41. The van der Waals surface area contributed by atoms with Crippen molar-refractivity contribution >= 4 is 39.4 Å². The number of carbonyl (C=O) groups excluding carboxylic acids is 2. The van der Waals surface area contributed by atoms with Gasteiger partial charge in [-0.25, -0.2) is 17.9 Å². The van der Waals surface area contributed by atoms with Gasteiger partial charge < -0.3 is 4.74 Å². The summed E-state index contributed by atoms with van der Waals surface area (Å²) in [6.45, 7) is 0. The zero-order valence-corrected chi connectivity index (χ0v) is 17.2. The van der Waals surface area contributed by atoms with E-state index in [1.54, 1.807) is 6.07 Å². The monoisotopic (exact) mass is 439 g/mol. The van der Waals surface area contributed by atoms with E-state index in [0.717, 1.165) is 17.7 Å². The van der Waals surface area contributed by atoms with Crippen LogP contribution >= 0.6 is 11.6 Å². The predicted octanol–water partition coefficient (Wildman–Crippen LogP) is 1.59. The number of rotatable bonds is 7. The highest BCUT2D eigenvalue weighted by Crippen LogP contribution is 2.30. The van der Waals surface area contributed by atoms with Gasteiger partial charge in [-0.3, -0.25) is 9.69 Å². The van der Waals surface area contributed by atoms with Gasteiger partial charge in [0.1, 0.15) is 16.5 Å². The number of benzene rings is 1. The van der Waals surface area contributed by atoms with E-state index >= 15 is 0 Å². The van der Waals surface area contributed by atoms with Crippen LogP contribution < -0.4 is 14.4 Å². The summed E-state index contributed by atoms with van der Waals surface area (Å²) >= 11 is 5.90. The van der Waals surface area contributed by atoms with Crippen LogP contribution in [0, 0.1) is 5.92 Å². The smallest absolute Gasteiger partial charge is 0.337 e. The number of nitrogens with one attached hydrogen (secondary N) is 1. The van der Waals surface area contributed by atoms with Crippen molar-refractivity contribution in [3.8, 4) is 6.01 Å². The zero-order chi connectivity index (χ0) is 21.2. The van der Waals surface area contributed by atoms with Crippen molar-refractivity contribution in [2.45, 2.75) is 24.2 Å². The first-order valence-electron chi connectivity index (χ1n) is 8.58. The van der Waals surface area contributed by atoms with Crippen molar-refractivity contribution in [3.05, 3.63) is 35.1 Å². The van der Waals surface area contributed by atoms with Gasteiger partial charge in [-0.2, -0.15) is 15.0 Å². The summed E-state index contributed by atoms with van der Waals surface area (Å²) in [6, 6.07) is 4.60. The first-order valence-corrected chi connectivity index (χ1v) is 10.4. The molecule has 0 unspecified atom stereocenters. The largest absolute Gasteiger partial charge is 0.467 e. The van der Waals surface area contributed by atoms with Crippen LogP contribution in [-0.2, 0) is 21.2 Å². The Morgan fingerprint density at radius 2 is 1.93 bits per heavy atom. The molecule has 12 heteroatoms. The Labute approximate surface area is 172 Å². The molecule has 1 saturated carbocycles. The molecule has 1 aromatic carbocycles. The molecule has 0 aliphatic heterocycles. The Morgan fingerprint density at radius 3 is 2.55 bits per heavy atom. The molecule has 1 heterocycles. The fourth-order valence-electron chi connectivity index (χ4n) is 2.40. The summed E-state index contributed by atoms with van der Waals surface area (Å²) in [5.41, 5.74) is 0. The van der Waals surface area contributed by atoms with Crippen LogP contribution in [0.2, 0.25) is 5.02 Å². The third-order valence-electron chi connectivity index (χ3n) is 4.15. The first-order chi connectivity index (χ1) is 13.7. The molecular weight excluding hydrogens is 422 g/mol. The average Bonchev–Trinajstić information content (AvgIpc) is 3.52. The second kappa shape index (κ2) is 8.29. The van der Waals surface area contributed by atoms with E-state index in [4.69, 9.17) is 16.3 Å². The molecule has 1 aliphatic rings. The molecule has 29 heavy (non-hydrogen) atoms. The molecule has 0 saturated heterocycles. The van der Waals surface area contributed by atoms with E-state index in [9.17, 15) is 18.0 Å². The summed E-state index contributed by atoms with van der Waals surface area (Å²) in [6.07, 6.45) is 1.66. The number of amides is 2. The predicted molar refractivity (Wildman–Crippen MR) is 103 cm³/mol. The summed E-state index contributed by atoms with van der Waals surface area (Å²) in [5, 5.41) is -0.0295. The van der Waals surface area contributed by atoms with Gasteiger partial charge in [-0.15, -0.1) is 0 Å². The highest BCUT2D eigenvalue weighted by atomic mass is 35.5. The van der Waals surface area contributed by atoms with Crippen molar-refractivity contribution in [1.82, 2.24) is 19.7 Å². The minimum Gasteiger partial charge on any atom is -0.467 e. The SMILES string of the molecule is COc1nc(CC(=O)C2CC2)nc(N(C)C(=O)NS(=O)(=O)c2ccccc2Cl)n1. The second-order valence-electron chi connectivity index (χ2n) is 6.36. The molecule has 0 atom stereocenters. The van der Waals surface area contributed by atoms with E-state index in [0.29, 0.717) is 0 Å². The lowest BCUT2D eigenvalue weighted by Gasteiger charge is -2.17. The topological polar surface area (TPSA) is 131 Å². The highest BCUT2D eigenvalue weighted by Gasteiger charge is 2.30. The molecule has 1 fully saturated rings. The Balaban J connectivity index is 1.81. The molecule has 154 valence electrons. The number of methoxy groups -OCH3 is 1. The highest BCUT2D eigenvalue weighted by molar-refractivity contribution is 7.90. The van der Waals surface area contributed by atoms with Crippen LogP contribution in [0.3, 0.4) is 0 Å². The Kier molecular flexibility index (Phi) is 5.99. The Hall–Kier alpha value is -2.79. The van der Waals surface area contributed by atoms with Crippen molar-refractivity contribution in [1.29, 1.82) is 0 Å². The van der Waals surface area contributed by atoms with E-state index < -0.39 is 16.1 Å². The number of hydrogen-bond acceptors (Lipinski definition) is 8. The van der Waals surface area contributed by atoms with E-state index in [-0.39, 0.29) is 45.8 Å². The maximum atomic E-state index is 12.5. The summed E-state index contributed by atoms with van der Waals surface area (Å²) in [5.74, 6) is -0.0136. The zero-order valence-electron chi connectivity index (χ0n) is 15.6. The van der Waals surface area contributed by atoms with Gasteiger partial charge in [-0.05, 0) is 25.0 Å². The normalized spacial score (nSPS) is 13.6. The van der Waals surface area contributed by atoms with Gasteiger partial charge >= 0.3 is 12.0 Å². The molecule has 2 amide bonds. The number of urea groups is 1. The van der Waals surface area contributed by atoms with Crippen LogP contribution in [0.1, 0.15) is 18.7 Å². The number of aromatic nitrogens is 3. The van der Waals surface area contributed by atoms with Crippen LogP contribution in [0.25, 0.3) is 0 Å². The molecule has 0 spiro atoms. The van der Waals surface area contributed by atoms with Gasteiger partial charge in [0.2, 0.25) is 5.95 Å². The lowest BCUT2D eigenvalue weighted by molar-refractivity contribution is -0.119. The van der Waals surface area contributed by atoms with E-state index in [1.807, 2.05) is 4.72 Å². The van der Waals surface area contributed by atoms with Crippen molar-refractivity contribution < 1.29 is 22.7 Å². The van der Waals surface area contributed by atoms with Crippen molar-refractivity contribution in [2.75, 3.05) is 19.1 Å². The maximum Gasteiger partial charge on any atom is 0.337 e. The fraction of sp³-hybridized carbons (Fsp3) is 0.353. The number of nitrogens with zero attached hydrogens (tertiary/aromatic N) is 4. The van der Waals surface area contributed by atoms with E-state index in [1.165, 1.54) is 32.4 Å². The number of hydrogen-bond donors (Lipinski definition) is 1. The third kappa shape index (κ3) is 4.98. The maximum absolute atomic E-state index is 12.5. The molecule has 0 bridgehead atoms. The fourth-order valence-corrected chi connectivity index (χ4v) is 3.90. The van der Waals surface area contributed by atoms with Gasteiger partial charge in [-0.1, -0.05) is 23.7 Å². The van der Waals surface area contributed by atoms with Crippen molar-refractivity contribution in [3.63, 3.8) is 0 Å². The number of anilines is 1. The molecule has 10 nitrogen and oxygen atoms in total. The lowest BCUT2D eigenvalue weighted by atomic mass is 10.2. The summed E-state index contributed by atoms with van der Waals surface area (Å²) < 4.78 is 31.8. The lowest BCUT2D eigenvalue weighted by Crippen LogP contribution is -2.41. The number of carbonyl (C=O) groups is 2. The summed E-state index contributed by atoms with van der Waals surface area (Å²) in [7, 11) is -1.62. The van der Waals surface area contributed by atoms with E-state index in [2.05, 4.69) is 15.0 Å². The van der Waals surface area contributed by atoms with Crippen LogP contribution in [-0.4, -0.2) is 49.3 Å². The Bertz CT molecular complexity index is 1060. The van der Waals surface area contributed by atoms with Crippen LogP contribution in [0.4, 0.5) is 10.7 Å². The van der Waals surface area contributed by atoms with Gasteiger partial charge in [0.05, 0.1) is 18.6 Å².